The van der Waals surface area contributed by atoms with Gasteiger partial charge < -0.3 is 19.3 Å². The number of carbonyl (C=O) groups excluding carboxylic acids is 2. The van der Waals surface area contributed by atoms with Crippen molar-refractivity contribution in [2.45, 2.75) is 6.61 Å². The Hall–Kier alpha value is -3.59. The van der Waals surface area contributed by atoms with Crippen LogP contribution in [0.25, 0.3) is 6.08 Å². The number of methoxy groups -OCH3 is 1. The Labute approximate surface area is 179 Å². The van der Waals surface area contributed by atoms with Gasteiger partial charge in [0.05, 0.1) is 12.8 Å². The molecule has 1 aliphatic rings. The molecule has 3 rings (SSSR count). The van der Waals surface area contributed by atoms with E-state index in [0.717, 1.165) is 17.4 Å². The van der Waals surface area contributed by atoms with Gasteiger partial charge >= 0.3 is 6.09 Å². The molecule has 0 aromatic heterocycles. The number of anilines is 1. The highest BCUT2D eigenvalue weighted by molar-refractivity contribution is 5.90. The normalized spacial score (nSPS) is 13.9. The van der Waals surface area contributed by atoms with Crippen LogP contribution in [-0.2, 0) is 16.1 Å². The molecule has 31 heavy (non-hydrogen) atoms. The molecular formula is C22H24FN3O5. The first kappa shape index (κ1) is 22.1. The maximum absolute atomic E-state index is 14.5. The number of piperazine rings is 1. The Bertz CT molecular complexity index is 941. The number of hydrogen-bond donors (Lipinski definition) is 2. The van der Waals surface area contributed by atoms with Gasteiger partial charge in [0, 0.05) is 32.3 Å². The number of amides is 2. The van der Waals surface area contributed by atoms with Crippen molar-refractivity contribution in [1.29, 1.82) is 0 Å². The Kier molecular flexibility index (Phi) is 7.45. The van der Waals surface area contributed by atoms with Gasteiger partial charge in [-0.3, -0.25) is 10.0 Å². The fraction of sp³-hybridized carbons (Fsp3) is 0.273. The molecule has 9 heteroatoms. The van der Waals surface area contributed by atoms with Gasteiger partial charge in [-0.1, -0.05) is 18.2 Å². The molecule has 8 nitrogen and oxygen atoms in total. The molecule has 0 unspecified atom stereocenters. The molecule has 2 aromatic carbocycles. The topological polar surface area (TPSA) is 91.3 Å². The molecule has 164 valence electrons. The lowest BCUT2D eigenvalue weighted by Crippen LogP contribution is -2.49. The highest BCUT2D eigenvalue weighted by Gasteiger charge is 2.23. The summed E-state index contributed by atoms with van der Waals surface area (Å²) in [5.41, 5.74) is 3.25. The zero-order chi connectivity index (χ0) is 22.2. The molecule has 0 radical (unpaired) electrons. The summed E-state index contributed by atoms with van der Waals surface area (Å²) >= 11 is 0. The Balaban J connectivity index is 1.51. The van der Waals surface area contributed by atoms with Gasteiger partial charge in [0.25, 0.3) is 5.91 Å². The number of hydroxylamine groups is 1. The second kappa shape index (κ2) is 10.4. The zero-order valence-corrected chi connectivity index (χ0v) is 17.1. The minimum atomic E-state index is -0.695. The van der Waals surface area contributed by atoms with Gasteiger partial charge in [0.1, 0.15) is 18.2 Å². The fourth-order valence-corrected chi connectivity index (χ4v) is 3.18. The van der Waals surface area contributed by atoms with Crippen LogP contribution in [0.2, 0.25) is 0 Å². The molecule has 2 N–H and O–H groups in total. The van der Waals surface area contributed by atoms with E-state index in [9.17, 15) is 14.0 Å². The fourth-order valence-electron chi connectivity index (χ4n) is 3.18. The predicted octanol–water partition coefficient (Wildman–Crippen LogP) is 2.81. The molecule has 2 aromatic rings. The standard InChI is InChI=1S/C22H24FN3O5/c1-30-18-6-2-17(3-7-18)15-31-22(28)26-12-10-25(11-13-26)20-8-4-16(14-19(20)23)5-9-21(27)24-29/h2-9,14,29H,10-13,15H2,1H3,(H,24,27). The van der Waals surface area contributed by atoms with E-state index in [0.29, 0.717) is 37.4 Å². The van der Waals surface area contributed by atoms with E-state index in [1.165, 1.54) is 17.6 Å². The lowest BCUT2D eigenvalue weighted by atomic mass is 10.1. The molecule has 1 aliphatic heterocycles. The molecule has 1 saturated heterocycles. The van der Waals surface area contributed by atoms with Crippen molar-refractivity contribution in [3.05, 3.63) is 65.5 Å². The van der Waals surface area contributed by atoms with Gasteiger partial charge in [-0.25, -0.2) is 14.7 Å². The van der Waals surface area contributed by atoms with Crippen LogP contribution < -0.4 is 15.1 Å². The van der Waals surface area contributed by atoms with Crippen LogP contribution in [0.4, 0.5) is 14.9 Å². The van der Waals surface area contributed by atoms with Gasteiger partial charge in [0.2, 0.25) is 0 Å². The third kappa shape index (κ3) is 5.95. The Morgan fingerprint density at radius 3 is 2.45 bits per heavy atom. The summed E-state index contributed by atoms with van der Waals surface area (Å²) in [6, 6.07) is 11.9. The van der Waals surface area contributed by atoms with Crippen LogP contribution in [0.15, 0.2) is 48.5 Å². The first-order valence-corrected chi connectivity index (χ1v) is 9.71. The number of nitrogens with one attached hydrogen (secondary N) is 1. The molecular weight excluding hydrogens is 405 g/mol. The lowest BCUT2D eigenvalue weighted by Gasteiger charge is -2.35. The van der Waals surface area contributed by atoms with Crippen molar-refractivity contribution in [3.63, 3.8) is 0 Å². The van der Waals surface area contributed by atoms with Crippen LogP contribution in [0.1, 0.15) is 11.1 Å². The number of ether oxygens (including phenoxy) is 2. The van der Waals surface area contributed by atoms with E-state index >= 15 is 0 Å². The minimum Gasteiger partial charge on any atom is -0.497 e. The molecule has 1 heterocycles. The van der Waals surface area contributed by atoms with Crippen molar-refractivity contribution in [2.75, 3.05) is 38.2 Å². The van der Waals surface area contributed by atoms with Gasteiger partial charge in [-0.05, 0) is 41.5 Å². The highest BCUT2D eigenvalue weighted by atomic mass is 19.1. The number of rotatable bonds is 6. The SMILES string of the molecule is COc1ccc(COC(=O)N2CCN(c3ccc(C=CC(=O)NO)cc3F)CC2)cc1. The van der Waals surface area contributed by atoms with Crippen molar-refractivity contribution in [1.82, 2.24) is 10.4 Å². The molecule has 0 atom stereocenters. The smallest absolute Gasteiger partial charge is 0.410 e. The minimum absolute atomic E-state index is 0.168. The summed E-state index contributed by atoms with van der Waals surface area (Å²) in [5.74, 6) is -0.389. The van der Waals surface area contributed by atoms with Crippen molar-refractivity contribution >= 4 is 23.8 Å². The van der Waals surface area contributed by atoms with E-state index < -0.39 is 17.8 Å². The third-order valence-electron chi connectivity index (χ3n) is 4.91. The monoisotopic (exact) mass is 429 g/mol. The van der Waals surface area contributed by atoms with E-state index in [1.807, 2.05) is 17.0 Å². The average Bonchev–Trinajstić information content (AvgIpc) is 2.81. The molecule has 0 bridgehead atoms. The molecule has 0 aliphatic carbocycles. The third-order valence-corrected chi connectivity index (χ3v) is 4.91. The van der Waals surface area contributed by atoms with E-state index in [-0.39, 0.29) is 6.61 Å². The average molecular weight is 429 g/mol. The van der Waals surface area contributed by atoms with Gasteiger partial charge in [0.15, 0.2) is 0 Å². The maximum Gasteiger partial charge on any atom is 0.410 e. The van der Waals surface area contributed by atoms with Crippen molar-refractivity contribution in [3.8, 4) is 5.75 Å². The summed E-state index contributed by atoms with van der Waals surface area (Å²) in [7, 11) is 1.59. The van der Waals surface area contributed by atoms with E-state index in [4.69, 9.17) is 14.7 Å². The summed E-state index contributed by atoms with van der Waals surface area (Å²) < 4.78 is 25.0. The van der Waals surface area contributed by atoms with Gasteiger partial charge in [-0.15, -0.1) is 0 Å². The summed E-state index contributed by atoms with van der Waals surface area (Å²) in [5, 5.41) is 8.48. The van der Waals surface area contributed by atoms with E-state index in [1.54, 1.807) is 36.3 Å². The Morgan fingerprint density at radius 2 is 1.84 bits per heavy atom. The number of nitrogens with zero attached hydrogens (tertiary/aromatic N) is 2. The number of carbonyl (C=O) groups is 2. The van der Waals surface area contributed by atoms with Gasteiger partial charge in [-0.2, -0.15) is 0 Å². The van der Waals surface area contributed by atoms with E-state index in [2.05, 4.69) is 0 Å². The van der Waals surface area contributed by atoms with Crippen molar-refractivity contribution < 1.29 is 28.7 Å². The quantitative estimate of drug-likeness (QED) is 0.417. The number of benzene rings is 2. The van der Waals surface area contributed by atoms with Crippen molar-refractivity contribution in [2.24, 2.45) is 0 Å². The first-order valence-electron chi connectivity index (χ1n) is 9.71. The predicted molar refractivity (Wildman–Crippen MR) is 112 cm³/mol. The summed E-state index contributed by atoms with van der Waals surface area (Å²) in [4.78, 5) is 26.8. The summed E-state index contributed by atoms with van der Waals surface area (Å²) in [6.07, 6.45) is 2.10. The second-order valence-corrected chi connectivity index (χ2v) is 6.90. The summed E-state index contributed by atoms with van der Waals surface area (Å²) in [6.45, 7) is 1.94. The van der Waals surface area contributed by atoms with Crippen LogP contribution >= 0.6 is 0 Å². The van der Waals surface area contributed by atoms with Crippen LogP contribution in [0, 0.1) is 5.82 Å². The van der Waals surface area contributed by atoms with Crippen LogP contribution in [0.3, 0.4) is 0 Å². The molecule has 2 amide bonds. The first-order chi connectivity index (χ1) is 15.0. The zero-order valence-electron chi connectivity index (χ0n) is 17.1. The lowest BCUT2D eigenvalue weighted by molar-refractivity contribution is -0.124. The molecule has 1 fully saturated rings. The van der Waals surface area contributed by atoms with Crippen LogP contribution in [0.5, 0.6) is 5.75 Å². The maximum atomic E-state index is 14.5. The number of hydrogen-bond acceptors (Lipinski definition) is 6. The Morgan fingerprint density at radius 1 is 1.13 bits per heavy atom. The second-order valence-electron chi connectivity index (χ2n) is 6.90. The molecule has 0 spiro atoms. The van der Waals surface area contributed by atoms with Crippen LogP contribution in [-0.4, -0.2) is 55.4 Å². The number of halogens is 1. The highest BCUT2D eigenvalue weighted by Crippen LogP contribution is 2.23. The molecule has 0 saturated carbocycles. The largest absolute Gasteiger partial charge is 0.497 e.